The Hall–Kier alpha value is -2.67. The summed E-state index contributed by atoms with van der Waals surface area (Å²) in [5.41, 5.74) is 2.42. The fraction of sp³-hybridized carbons (Fsp3) is 0.235. The number of nitrogens with zero attached hydrogens (tertiary/aromatic N) is 2. The molecule has 0 aliphatic rings. The van der Waals surface area contributed by atoms with E-state index in [4.69, 9.17) is 10.00 Å². The number of nitriles is 1. The molecule has 0 N–H and O–H groups in total. The van der Waals surface area contributed by atoms with Gasteiger partial charge in [0.1, 0.15) is 0 Å². The van der Waals surface area contributed by atoms with Gasteiger partial charge in [-0.3, -0.25) is 4.98 Å². The summed E-state index contributed by atoms with van der Waals surface area (Å²) in [6.07, 6.45) is 9.17. The molecule has 0 bridgehead atoms. The number of esters is 1. The maximum atomic E-state index is 11.7. The highest BCUT2D eigenvalue weighted by Gasteiger charge is 2.09. The van der Waals surface area contributed by atoms with Gasteiger partial charge in [0.25, 0.3) is 0 Å². The second-order valence-electron chi connectivity index (χ2n) is 4.29. The maximum Gasteiger partial charge on any atom is 0.339 e. The molecule has 0 saturated heterocycles. The predicted octanol–water partition coefficient (Wildman–Crippen LogP) is 3.38. The maximum absolute atomic E-state index is 11.7. The van der Waals surface area contributed by atoms with Gasteiger partial charge in [-0.15, -0.1) is 0 Å². The molecule has 0 aliphatic carbocycles. The minimum atomic E-state index is -0.398. The van der Waals surface area contributed by atoms with Crippen molar-refractivity contribution in [3.8, 4) is 6.07 Å². The molecule has 0 radical (unpaired) electrons. The van der Waals surface area contributed by atoms with Crippen molar-refractivity contribution in [3.63, 3.8) is 0 Å². The Balaban J connectivity index is 3.00. The molecule has 0 spiro atoms. The Morgan fingerprint density at radius 3 is 2.90 bits per heavy atom. The third-order valence-corrected chi connectivity index (χ3v) is 2.71. The summed E-state index contributed by atoms with van der Waals surface area (Å²) in [6, 6.07) is 3.76. The van der Waals surface area contributed by atoms with Gasteiger partial charge in [0.05, 0.1) is 18.2 Å². The topological polar surface area (TPSA) is 63.0 Å². The van der Waals surface area contributed by atoms with Gasteiger partial charge < -0.3 is 4.74 Å². The first-order chi connectivity index (χ1) is 10.1. The van der Waals surface area contributed by atoms with Crippen LogP contribution in [0, 0.1) is 11.3 Å². The summed E-state index contributed by atoms with van der Waals surface area (Å²) in [5.74, 6) is -0.398. The Morgan fingerprint density at radius 2 is 2.29 bits per heavy atom. The van der Waals surface area contributed by atoms with Gasteiger partial charge in [-0.05, 0) is 31.1 Å². The second kappa shape index (κ2) is 8.49. The highest BCUT2D eigenvalue weighted by molar-refractivity contribution is 5.89. The lowest BCUT2D eigenvalue weighted by molar-refractivity contribution is 0.0525. The van der Waals surface area contributed by atoms with E-state index in [9.17, 15) is 4.79 Å². The molecule has 0 saturated carbocycles. The lowest BCUT2D eigenvalue weighted by Gasteiger charge is -2.07. The van der Waals surface area contributed by atoms with Crippen LogP contribution in [0.15, 0.2) is 54.4 Å². The fourth-order valence-electron chi connectivity index (χ4n) is 1.68. The van der Waals surface area contributed by atoms with E-state index in [1.165, 1.54) is 6.20 Å². The zero-order chi connectivity index (χ0) is 15.7. The normalized spacial score (nSPS) is 11.2. The summed E-state index contributed by atoms with van der Waals surface area (Å²) in [5, 5.41) is 8.99. The highest BCUT2D eigenvalue weighted by Crippen LogP contribution is 2.16. The Kier molecular flexibility index (Phi) is 6.62. The Labute approximate surface area is 125 Å². The van der Waals surface area contributed by atoms with Crippen molar-refractivity contribution in [3.05, 3.63) is 65.5 Å². The van der Waals surface area contributed by atoms with Crippen LogP contribution in [0.2, 0.25) is 0 Å². The molecule has 0 amide bonds. The van der Waals surface area contributed by atoms with Crippen LogP contribution >= 0.6 is 0 Å². The van der Waals surface area contributed by atoms with Crippen molar-refractivity contribution in [2.24, 2.45) is 0 Å². The molecule has 1 aromatic rings. The number of rotatable bonds is 6. The number of carbonyl (C=O) groups is 1. The van der Waals surface area contributed by atoms with Gasteiger partial charge in [0.15, 0.2) is 0 Å². The van der Waals surface area contributed by atoms with E-state index in [1.807, 2.05) is 31.2 Å². The number of ether oxygens (including phenoxy) is 1. The minimum Gasteiger partial charge on any atom is -0.462 e. The van der Waals surface area contributed by atoms with Crippen LogP contribution in [0.25, 0.3) is 0 Å². The van der Waals surface area contributed by atoms with Crippen LogP contribution in [0.1, 0.15) is 29.8 Å². The predicted molar refractivity (Wildman–Crippen MR) is 81.5 cm³/mol. The van der Waals surface area contributed by atoms with Gasteiger partial charge in [-0.25, -0.2) is 4.79 Å². The van der Waals surface area contributed by atoms with Crippen molar-refractivity contribution in [1.82, 2.24) is 4.98 Å². The van der Waals surface area contributed by atoms with E-state index in [2.05, 4.69) is 11.6 Å². The van der Waals surface area contributed by atoms with E-state index in [-0.39, 0.29) is 0 Å². The summed E-state index contributed by atoms with van der Waals surface area (Å²) < 4.78 is 4.95. The van der Waals surface area contributed by atoms with Gasteiger partial charge in [-0.2, -0.15) is 5.26 Å². The third-order valence-electron chi connectivity index (χ3n) is 2.71. The fourth-order valence-corrected chi connectivity index (χ4v) is 1.68. The van der Waals surface area contributed by atoms with Crippen molar-refractivity contribution in [1.29, 1.82) is 5.26 Å². The highest BCUT2D eigenvalue weighted by atomic mass is 16.5. The molecule has 108 valence electrons. The average molecular weight is 282 g/mol. The quantitative estimate of drug-likeness (QED) is 0.456. The molecule has 1 heterocycles. The zero-order valence-electron chi connectivity index (χ0n) is 12.3. The molecule has 1 aromatic heterocycles. The smallest absolute Gasteiger partial charge is 0.339 e. The van der Waals surface area contributed by atoms with Crippen molar-refractivity contribution < 1.29 is 9.53 Å². The van der Waals surface area contributed by atoms with Crippen molar-refractivity contribution in [2.75, 3.05) is 6.61 Å². The van der Waals surface area contributed by atoms with E-state index in [0.717, 1.165) is 11.1 Å². The van der Waals surface area contributed by atoms with E-state index in [0.29, 0.717) is 24.2 Å². The molecule has 0 aliphatic heterocycles. The number of allylic oxidation sites excluding steroid dienone is 5. The van der Waals surface area contributed by atoms with Crippen molar-refractivity contribution in [2.45, 2.75) is 20.3 Å². The summed E-state index contributed by atoms with van der Waals surface area (Å²) in [6.45, 7) is 7.70. The summed E-state index contributed by atoms with van der Waals surface area (Å²) in [7, 11) is 0. The van der Waals surface area contributed by atoms with Gasteiger partial charge >= 0.3 is 5.97 Å². The largest absolute Gasteiger partial charge is 0.462 e. The number of carbonyl (C=O) groups excluding carboxylic acids is 1. The second-order valence-corrected chi connectivity index (χ2v) is 4.29. The number of aromatic nitrogens is 1. The first kappa shape index (κ1) is 16.4. The number of pyridine rings is 1. The number of hydrogen-bond donors (Lipinski definition) is 0. The SMILES string of the molecule is C=C(C#N)/C(=C\C=C/C)Cc1cncc(C(=O)OCC)c1. The number of hydrogen-bond acceptors (Lipinski definition) is 4. The lowest BCUT2D eigenvalue weighted by Crippen LogP contribution is -2.06. The first-order valence-corrected chi connectivity index (χ1v) is 6.64. The monoisotopic (exact) mass is 282 g/mol. The molecule has 21 heavy (non-hydrogen) atoms. The van der Waals surface area contributed by atoms with Gasteiger partial charge in [0, 0.05) is 24.4 Å². The minimum absolute atomic E-state index is 0.320. The average Bonchev–Trinajstić information content (AvgIpc) is 2.51. The Morgan fingerprint density at radius 1 is 1.52 bits per heavy atom. The van der Waals surface area contributed by atoms with Crippen LogP contribution in [-0.4, -0.2) is 17.6 Å². The lowest BCUT2D eigenvalue weighted by atomic mass is 9.99. The van der Waals surface area contributed by atoms with Crippen LogP contribution in [0.4, 0.5) is 0 Å². The molecular formula is C17H18N2O2. The van der Waals surface area contributed by atoms with Gasteiger partial charge in [0.2, 0.25) is 0 Å². The molecule has 0 atom stereocenters. The standard InChI is InChI=1S/C17H18N2O2/c1-4-6-7-15(13(3)10-18)8-14-9-16(12-19-11-14)17(20)21-5-2/h4,6-7,9,11-12H,3,5,8H2,1-2H3/b6-4-,15-7-. The summed E-state index contributed by atoms with van der Waals surface area (Å²) >= 11 is 0. The molecule has 4 heteroatoms. The summed E-state index contributed by atoms with van der Waals surface area (Å²) in [4.78, 5) is 15.7. The molecular weight excluding hydrogens is 264 g/mol. The van der Waals surface area contributed by atoms with Gasteiger partial charge in [-0.1, -0.05) is 24.8 Å². The molecule has 0 unspecified atom stereocenters. The molecule has 1 rings (SSSR count). The van der Waals surface area contributed by atoms with Crippen LogP contribution in [-0.2, 0) is 11.2 Å². The molecule has 0 aromatic carbocycles. The molecule has 4 nitrogen and oxygen atoms in total. The molecule has 0 fully saturated rings. The van der Waals surface area contributed by atoms with Crippen molar-refractivity contribution >= 4 is 5.97 Å². The first-order valence-electron chi connectivity index (χ1n) is 6.64. The van der Waals surface area contributed by atoms with E-state index >= 15 is 0 Å². The third kappa shape index (κ3) is 5.07. The van der Waals surface area contributed by atoms with Crippen LogP contribution in [0.3, 0.4) is 0 Å². The van der Waals surface area contributed by atoms with E-state index in [1.54, 1.807) is 19.2 Å². The van der Waals surface area contributed by atoms with Crippen LogP contribution in [0.5, 0.6) is 0 Å². The zero-order valence-corrected chi connectivity index (χ0v) is 12.3. The van der Waals surface area contributed by atoms with Crippen LogP contribution < -0.4 is 0 Å². The Bertz CT molecular complexity index is 622. The van der Waals surface area contributed by atoms with E-state index < -0.39 is 5.97 Å².